The van der Waals surface area contributed by atoms with Gasteiger partial charge in [0, 0.05) is 11.0 Å². The number of hydrogen-bond acceptors (Lipinski definition) is 2. The van der Waals surface area contributed by atoms with E-state index < -0.39 is 0 Å². The lowest BCUT2D eigenvalue weighted by molar-refractivity contribution is 0.0833. The molecule has 0 amide bonds. The van der Waals surface area contributed by atoms with Crippen LogP contribution < -0.4 is 4.74 Å². The number of carbonyl (C=O) groups excluding carboxylic acids is 1. The van der Waals surface area contributed by atoms with Crippen LogP contribution in [0.3, 0.4) is 0 Å². The normalized spacial score (nSPS) is 11.3. The first-order valence-corrected chi connectivity index (χ1v) is 5.62. The van der Waals surface area contributed by atoms with Gasteiger partial charge >= 0.3 is 0 Å². The van der Waals surface area contributed by atoms with Crippen LogP contribution in [0, 0.1) is 12.3 Å². The lowest BCUT2D eigenvalue weighted by atomic mass is 9.82. The predicted molar refractivity (Wildman–Crippen MR) is 66.1 cm³/mol. The summed E-state index contributed by atoms with van der Waals surface area (Å²) in [5.41, 5.74) is 1.48. The van der Waals surface area contributed by atoms with Gasteiger partial charge in [-0.05, 0) is 37.1 Å². The minimum atomic E-state index is -0.291. The molecular weight excluding hydrogens is 200 g/mol. The van der Waals surface area contributed by atoms with Crippen molar-refractivity contribution in [3.05, 3.63) is 29.3 Å². The van der Waals surface area contributed by atoms with Gasteiger partial charge in [0.25, 0.3) is 0 Å². The molecular formula is C14H20O2. The Kier molecular flexibility index (Phi) is 3.74. The number of hydrogen-bond donors (Lipinski definition) is 0. The maximum absolute atomic E-state index is 12.2. The standard InChI is InChI=1S/C14H20O2/c1-6-14(3,4)13(15)11-7-8-12(16-5)10(2)9-11/h7-9H,6H2,1-5H3. The Morgan fingerprint density at radius 1 is 1.38 bits per heavy atom. The van der Waals surface area contributed by atoms with E-state index in [1.807, 2.05) is 45.9 Å². The first-order chi connectivity index (χ1) is 7.42. The van der Waals surface area contributed by atoms with Crippen molar-refractivity contribution in [2.45, 2.75) is 34.1 Å². The molecule has 0 N–H and O–H groups in total. The van der Waals surface area contributed by atoms with Crippen molar-refractivity contribution in [3.8, 4) is 5.75 Å². The molecule has 0 aliphatic carbocycles. The Labute approximate surface area is 97.6 Å². The zero-order valence-electron chi connectivity index (χ0n) is 10.8. The third-order valence-corrected chi connectivity index (χ3v) is 3.16. The molecule has 0 aromatic heterocycles. The Morgan fingerprint density at radius 2 is 2.00 bits per heavy atom. The van der Waals surface area contributed by atoms with Gasteiger partial charge in [0.15, 0.2) is 5.78 Å². The maximum atomic E-state index is 12.2. The molecule has 0 unspecified atom stereocenters. The van der Waals surface area contributed by atoms with Crippen molar-refractivity contribution >= 4 is 5.78 Å². The minimum absolute atomic E-state index is 0.195. The van der Waals surface area contributed by atoms with E-state index >= 15 is 0 Å². The van der Waals surface area contributed by atoms with Crippen LogP contribution in [0.2, 0.25) is 0 Å². The van der Waals surface area contributed by atoms with Crippen LogP contribution in [0.4, 0.5) is 0 Å². The zero-order chi connectivity index (χ0) is 12.3. The summed E-state index contributed by atoms with van der Waals surface area (Å²) >= 11 is 0. The van der Waals surface area contributed by atoms with Crippen LogP contribution in [-0.4, -0.2) is 12.9 Å². The Bertz CT molecular complexity index is 392. The van der Waals surface area contributed by atoms with Gasteiger partial charge in [-0.2, -0.15) is 0 Å². The zero-order valence-corrected chi connectivity index (χ0v) is 10.8. The Balaban J connectivity index is 3.07. The van der Waals surface area contributed by atoms with Gasteiger partial charge in [-0.3, -0.25) is 4.79 Å². The summed E-state index contributed by atoms with van der Waals surface area (Å²) in [4.78, 5) is 12.2. The molecule has 1 aromatic carbocycles. The molecule has 2 nitrogen and oxygen atoms in total. The minimum Gasteiger partial charge on any atom is -0.496 e. The number of Topliss-reactive ketones (excluding diaryl/α,β-unsaturated/α-hetero) is 1. The number of benzene rings is 1. The largest absolute Gasteiger partial charge is 0.496 e. The number of carbonyl (C=O) groups is 1. The number of methoxy groups -OCH3 is 1. The lowest BCUT2D eigenvalue weighted by Gasteiger charge is -2.21. The molecule has 0 saturated heterocycles. The summed E-state index contributed by atoms with van der Waals surface area (Å²) in [5, 5.41) is 0. The summed E-state index contributed by atoms with van der Waals surface area (Å²) in [7, 11) is 1.64. The molecule has 0 radical (unpaired) electrons. The third-order valence-electron chi connectivity index (χ3n) is 3.16. The van der Waals surface area contributed by atoms with E-state index in [1.54, 1.807) is 7.11 Å². The van der Waals surface area contributed by atoms with Crippen LogP contribution in [0.1, 0.15) is 43.1 Å². The molecule has 0 heterocycles. The number of ketones is 1. The van der Waals surface area contributed by atoms with E-state index in [0.717, 1.165) is 23.3 Å². The van der Waals surface area contributed by atoms with Crippen LogP contribution >= 0.6 is 0 Å². The van der Waals surface area contributed by atoms with Crippen molar-refractivity contribution in [3.63, 3.8) is 0 Å². The monoisotopic (exact) mass is 220 g/mol. The first kappa shape index (κ1) is 12.8. The third kappa shape index (κ3) is 2.43. The van der Waals surface area contributed by atoms with E-state index in [1.165, 1.54) is 0 Å². The van der Waals surface area contributed by atoms with E-state index in [2.05, 4.69) is 0 Å². The van der Waals surface area contributed by atoms with Gasteiger partial charge in [0.05, 0.1) is 7.11 Å². The SMILES string of the molecule is CCC(C)(C)C(=O)c1ccc(OC)c(C)c1. The van der Waals surface area contributed by atoms with E-state index in [9.17, 15) is 4.79 Å². The summed E-state index contributed by atoms with van der Waals surface area (Å²) in [6, 6.07) is 5.60. The Hall–Kier alpha value is -1.31. The maximum Gasteiger partial charge on any atom is 0.168 e. The second-order valence-corrected chi connectivity index (χ2v) is 4.75. The molecule has 0 aliphatic rings. The van der Waals surface area contributed by atoms with Crippen LogP contribution in [0.5, 0.6) is 5.75 Å². The Morgan fingerprint density at radius 3 is 2.44 bits per heavy atom. The summed E-state index contributed by atoms with van der Waals surface area (Å²) in [6.45, 7) is 7.95. The molecule has 0 fully saturated rings. The fraction of sp³-hybridized carbons (Fsp3) is 0.500. The number of aryl methyl sites for hydroxylation is 1. The fourth-order valence-corrected chi connectivity index (χ4v) is 1.57. The van der Waals surface area contributed by atoms with Crippen molar-refractivity contribution in [2.24, 2.45) is 5.41 Å². The molecule has 1 rings (SSSR count). The van der Waals surface area contributed by atoms with Crippen molar-refractivity contribution in [1.29, 1.82) is 0 Å². The summed E-state index contributed by atoms with van der Waals surface area (Å²) in [6.07, 6.45) is 0.844. The van der Waals surface area contributed by atoms with E-state index in [0.29, 0.717) is 0 Å². The second kappa shape index (κ2) is 4.69. The van der Waals surface area contributed by atoms with Gasteiger partial charge in [-0.1, -0.05) is 20.8 Å². The lowest BCUT2D eigenvalue weighted by Crippen LogP contribution is -2.23. The van der Waals surface area contributed by atoms with Gasteiger partial charge in [0.1, 0.15) is 5.75 Å². The molecule has 0 spiro atoms. The number of rotatable bonds is 4. The highest BCUT2D eigenvalue weighted by Gasteiger charge is 2.26. The quantitative estimate of drug-likeness (QED) is 0.724. The summed E-state index contributed by atoms with van der Waals surface area (Å²) in [5.74, 6) is 1.02. The smallest absolute Gasteiger partial charge is 0.168 e. The van der Waals surface area contributed by atoms with Crippen molar-refractivity contribution in [2.75, 3.05) is 7.11 Å². The summed E-state index contributed by atoms with van der Waals surface area (Å²) < 4.78 is 5.18. The van der Waals surface area contributed by atoms with Crippen LogP contribution in [0.15, 0.2) is 18.2 Å². The van der Waals surface area contributed by atoms with Gasteiger partial charge < -0.3 is 4.74 Å². The molecule has 88 valence electrons. The van der Waals surface area contributed by atoms with Crippen LogP contribution in [-0.2, 0) is 0 Å². The molecule has 0 atom stereocenters. The number of ether oxygens (including phenoxy) is 1. The van der Waals surface area contributed by atoms with E-state index in [-0.39, 0.29) is 11.2 Å². The average Bonchev–Trinajstić information content (AvgIpc) is 2.27. The molecule has 16 heavy (non-hydrogen) atoms. The molecule has 2 heteroatoms. The van der Waals surface area contributed by atoms with E-state index in [4.69, 9.17) is 4.74 Å². The van der Waals surface area contributed by atoms with Gasteiger partial charge in [0.2, 0.25) is 0 Å². The molecule has 0 bridgehead atoms. The van der Waals surface area contributed by atoms with Crippen molar-refractivity contribution in [1.82, 2.24) is 0 Å². The average molecular weight is 220 g/mol. The predicted octanol–water partition coefficient (Wildman–Crippen LogP) is 3.62. The second-order valence-electron chi connectivity index (χ2n) is 4.75. The molecule has 0 saturated carbocycles. The van der Waals surface area contributed by atoms with Crippen molar-refractivity contribution < 1.29 is 9.53 Å². The van der Waals surface area contributed by atoms with Gasteiger partial charge in [-0.15, -0.1) is 0 Å². The van der Waals surface area contributed by atoms with Crippen LogP contribution in [0.25, 0.3) is 0 Å². The topological polar surface area (TPSA) is 26.3 Å². The molecule has 1 aromatic rings. The first-order valence-electron chi connectivity index (χ1n) is 5.62. The highest BCUT2D eigenvalue weighted by molar-refractivity contribution is 6.00. The highest BCUT2D eigenvalue weighted by Crippen LogP contribution is 2.27. The highest BCUT2D eigenvalue weighted by atomic mass is 16.5. The molecule has 0 aliphatic heterocycles. The fourth-order valence-electron chi connectivity index (χ4n) is 1.57. The van der Waals surface area contributed by atoms with Gasteiger partial charge in [-0.25, -0.2) is 0 Å².